The first-order valence-corrected chi connectivity index (χ1v) is 8.08. The molecule has 124 valence electrons. The van der Waals surface area contributed by atoms with Crippen LogP contribution in [-0.4, -0.2) is 24.3 Å². The molecular formula is C17H25ClO4. The second kappa shape index (κ2) is 9.57. The Hall–Kier alpha value is -1.42. The van der Waals surface area contributed by atoms with Crippen molar-refractivity contribution in [1.82, 2.24) is 0 Å². The second-order valence-electron chi connectivity index (χ2n) is 5.71. The van der Waals surface area contributed by atoms with Gasteiger partial charge in [-0.3, -0.25) is 4.79 Å². The first-order valence-electron chi connectivity index (χ1n) is 7.71. The summed E-state index contributed by atoms with van der Waals surface area (Å²) in [6, 6.07) is 5.27. The molecule has 5 heteroatoms. The van der Waals surface area contributed by atoms with Crippen molar-refractivity contribution in [2.45, 2.75) is 40.0 Å². The molecule has 0 amide bonds. The van der Waals surface area contributed by atoms with Crippen LogP contribution in [0.4, 0.5) is 0 Å². The van der Waals surface area contributed by atoms with Crippen molar-refractivity contribution in [3.05, 3.63) is 23.2 Å². The number of unbranched alkanes of at least 4 members (excludes halogenated alkanes) is 1. The number of carboxylic acid groups (broad SMARTS) is 1. The number of aliphatic carboxylic acids is 1. The summed E-state index contributed by atoms with van der Waals surface area (Å²) in [7, 11) is 0. The van der Waals surface area contributed by atoms with Gasteiger partial charge in [0, 0.05) is 12.0 Å². The van der Waals surface area contributed by atoms with Gasteiger partial charge in [0.1, 0.15) is 11.5 Å². The fraction of sp³-hybridized carbons (Fsp3) is 0.588. The van der Waals surface area contributed by atoms with Crippen LogP contribution in [0, 0.1) is 11.8 Å². The third-order valence-electron chi connectivity index (χ3n) is 3.50. The number of halogens is 1. The zero-order chi connectivity index (χ0) is 16.5. The van der Waals surface area contributed by atoms with Gasteiger partial charge in [0.05, 0.1) is 24.7 Å². The van der Waals surface area contributed by atoms with E-state index in [9.17, 15) is 4.79 Å². The van der Waals surface area contributed by atoms with Crippen LogP contribution in [0.3, 0.4) is 0 Å². The van der Waals surface area contributed by atoms with Crippen LogP contribution in [0.2, 0.25) is 5.02 Å². The lowest BCUT2D eigenvalue weighted by atomic mass is 9.93. The van der Waals surface area contributed by atoms with E-state index in [1.54, 1.807) is 18.2 Å². The molecule has 0 saturated heterocycles. The third-order valence-corrected chi connectivity index (χ3v) is 3.81. The van der Waals surface area contributed by atoms with E-state index in [4.69, 9.17) is 26.2 Å². The predicted molar refractivity (Wildman–Crippen MR) is 87.9 cm³/mol. The molecule has 0 spiro atoms. The fourth-order valence-electron chi connectivity index (χ4n) is 1.93. The lowest BCUT2D eigenvalue weighted by Gasteiger charge is -2.19. The molecule has 0 aromatic heterocycles. The second-order valence-corrected chi connectivity index (χ2v) is 6.11. The molecule has 0 aliphatic heterocycles. The van der Waals surface area contributed by atoms with Crippen LogP contribution in [0.1, 0.15) is 40.0 Å². The molecule has 0 heterocycles. The van der Waals surface area contributed by atoms with E-state index < -0.39 is 5.97 Å². The maximum absolute atomic E-state index is 10.9. The molecule has 0 unspecified atom stereocenters. The highest BCUT2D eigenvalue weighted by Gasteiger charge is 2.18. The quantitative estimate of drug-likeness (QED) is 0.635. The molecule has 4 nitrogen and oxygen atoms in total. The Labute approximate surface area is 137 Å². The van der Waals surface area contributed by atoms with Crippen LogP contribution in [0.5, 0.6) is 11.5 Å². The van der Waals surface area contributed by atoms with Gasteiger partial charge in [-0.25, -0.2) is 0 Å². The average molecular weight is 329 g/mol. The molecule has 0 aliphatic rings. The minimum absolute atomic E-state index is 0.0300. The van der Waals surface area contributed by atoms with Gasteiger partial charge in [-0.2, -0.15) is 0 Å². The Bertz CT molecular complexity index is 474. The molecule has 0 bridgehead atoms. The van der Waals surface area contributed by atoms with Gasteiger partial charge >= 0.3 is 5.97 Å². The highest BCUT2D eigenvalue weighted by Crippen LogP contribution is 2.30. The largest absolute Gasteiger partial charge is 0.493 e. The number of carboxylic acids is 1. The zero-order valence-electron chi connectivity index (χ0n) is 13.5. The molecule has 1 atom stereocenters. The topological polar surface area (TPSA) is 55.8 Å². The van der Waals surface area contributed by atoms with Gasteiger partial charge in [0.15, 0.2) is 0 Å². The summed E-state index contributed by atoms with van der Waals surface area (Å²) in [6.45, 7) is 7.07. The molecule has 1 aromatic carbocycles. The monoisotopic (exact) mass is 328 g/mol. The summed E-state index contributed by atoms with van der Waals surface area (Å²) in [5, 5.41) is 9.49. The number of carbonyl (C=O) groups is 1. The van der Waals surface area contributed by atoms with Crippen LogP contribution >= 0.6 is 11.6 Å². The molecular weight excluding hydrogens is 304 g/mol. The maximum atomic E-state index is 10.9. The van der Waals surface area contributed by atoms with E-state index in [1.165, 1.54) is 0 Å². The summed E-state index contributed by atoms with van der Waals surface area (Å²) in [4.78, 5) is 10.9. The van der Waals surface area contributed by atoms with Crippen molar-refractivity contribution < 1.29 is 19.4 Å². The van der Waals surface area contributed by atoms with Gasteiger partial charge in [-0.05, 0) is 24.5 Å². The SMILES string of the molecule is CCCCOc1cc(OC[C@H](CC(=O)O)C(C)C)ccc1Cl. The normalized spacial score (nSPS) is 12.2. The molecule has 0 radical (unpaired) electrons. The highest BCUT2D eigenvalue weighted by atomic mass is 35.5. The Morgan fingerprint density at radius 1 is 1.32 bits per heavy atom. The number of hydrogen-bond acceptors (Lipinski definition) is 3. The minimum Gasteiger partial charge on any atom is -0.493 e. The van der Waals surface area contributed by atoms with E-state index >= 15 is 0 Å². The lowest BCUT2D eigenvalue weighted by molar-refractivity contribution is -0.138. The smallest absolute Gasteiger partial charge is 0.303 e. The molecule has 1 aromatic rings. The van der Waals surface area contributed by atoms with Gasteiger partial charge in [0.25, 0.3) is 0 Å². The third kappa shape index (κ3) is 6.56. The van der Waals surface area contributed by atoms with Crippen molar-refractivity contribution in [3.63, 3.8) is 0 Å². The Morgan fingerprint density at radius 2 is 2.05 bits per heavy atom. The molecule has 0 saturated carbocycles. The number of ether oxygens (including phenoxy) is 2. The Kier molecular flexibility index (Phi) is 8.10. The standard InChI is InChI=1S/C17H25ClO4/c1-4-5-8-21-16-10-14(6-7-15(16)18)22-11-13(12(2)3)9-17(19)20/h6-7,10,12-13H,4-5,8-9,11H2,1-3H3,(H,19,20)/t13-/m0/s1. The van der Waals surface area contributed by atoms with Crippen molar-refractivity contribution in [2.75, 3.05) is 13.2 Å². The molecule has 0 fully saturated rings. The van der Waals surface area contributed by atoms with E-state index in [0.29, 0.717) is 29.7 Å². The molecule has 22 heavy (non-hydrogen) atoms. The van der Waals surface area contributed by atoms with Crippen molar-refractivity contribution in [1.29, 1.82) is 0 Å². The summed E-state index contributed by atoms with van der Waals surface area (Å²) < 4.78 is 11.4. The lowest BCUT2D eigenvalue weighted by Crippen LogP contribution is -2.21. The van der Waals surface area contributed by atoms with Crippen LogP contribution in [0.15, 0.2) is 18.2 Å². The predicted octanol–water partition coefficient (Wildman–Crippen LogP) is 4.64. The van der Waals surface area contributed by atoms with Gasteiger partial charge in [0.2, 0.25) is 0 Å². The van der Waals surface area contributed by atoms with Crippen LogP contribution < -0.4 is 9.47 Å². The first-order chi connectivity index (χ1) is 10.4. The molecule has 1 N–H and O–H groups in total. The summed E-state index contributed by atoms with van der Waals surface area (Å²) in [6.07, 6.45) is 2.12. The van der Waals surface area contributed by atoms with E-state index in [2.05, 4.69) is 6.92 Å². The number of benzene rings is 1. The van der Waals surface area contributed by atoms with Crippen molar-refractivity contribution >= 4 is 17.6 Å². The van der Waals surface area contributed by atoms with E-state index in [-0.39, 0.29) is 18.3 Å². The van der Waals surface area contributed by atoms with Crippen molar-refractivity contribution in [2.24, 2.45) is 11.8 Å². The van der Waals surface area contributed by atoms with Crippen molar-refractivity contribution in [3.8, 4) is 11.5 Å². The maximum Gasteiger partial charge on any atom is 0.303 e. The fourth-order valence-corrected chi connectivity index (χ4v) is 2.10. The molecule has 0 aliphatic carbocycles. The Morgan fingerprint density at radius 3 is 2.64 bits per heavy atom. The van der Waals surface area contributed by atoms with E-state index in [1.807, 2.05) is 13.8 Å². The summed E-state index contributed by atoms with van der Waals surface area (Å²) in [5.74, 6) is 0.655. The number of hydrogen-bond donors (Lipinski definition) is 1. The Balaban J connectivity index is 2.64. The number of rotatable bonds is 10. The van der Waals surface area contributed by atoms with Crippen LogP contribution in [-0.2, 0) is 4.79 Å². The van der Waals surface area contributed by atoms with Gasteiger partial charge in [-0.1, -0.05) is 38.8 Å². The highest BCUT2D eigenvalue weighted by molar-refractivity contribution is 6.32. The zero-order valence-corrected chi connectivity index (χ0v) is 14.2. The minimum atomic E-state index is -0.804. The summed E-state index contributed by atoms with van der Waals surface area (Å²) in [5.41, 5.74) is 0. The average Bonchev–Trinajstić information content (AvgIpc) is 2.45. The molecule has 1 rings (SSSR count). The first kappa shape index (κ1) is 18.6. The summed E-state index contributed by atoms with van der Waals surface area (Å²) >= 11 is 6.10. The van der Waals surface area contributed by atoms with E-state index in [0.717, 1.165) is 12.8 Å². The van der Waals surface area contributed by atoms with Gasteiger partial charge < -0.3 is 14.6 Å². The van der Waals surface area contributed by atoms with Crippen LogP contribution in [0.25, 0.3) is 0 Å². The van der Waals surface area contributed by atoms with Gasteiger partial charge in [-0.15, -0.1) is 0 Å².